The first-order chi connectivity index (χ1) is 14.5. The molecule has 0 radical (unpaired) electrons. The molecule has 160 valence electrons. The first-order valence-electron chi connectivity index (χ1n) is 10.2. The standard InChI is InChI=1S/C23H29N3O3S/c1-15-11-19(28-3)20(29-4)12-16(15)14-26(2)10-9-22(27)25-23-18(13-24)17-7-5-6-8-21(17)30-23/h11-12H,5-10,14H2,1-4H3,(H,25,27). The van der Waals surface area contributed by atoms with Crippen molar-refractivity contribution < 1.29 is 14.3 Å². The molecule has 1 amide bonds. The summed E-state index contributed by atoms with van der Waals surface area (Å²) in [7, 11) is 5.25. The topological polar surface area (TPSA) is 74.6 Å². The predicted octanol–water partition coefficient (Wildman–Crippen LogP) is 4.28. The van der Waals surface area contributed by atoms with Crippen LogP contribution >= 0.6 is 11.3 Å². The van der Waals surface area contributed by atoms with Crippen LogP contribution in [0.1, 0.15) is 46.4 Å². The Balaban J connectivity index is 1.58. The van der Waals surface area contributed by atoms with Crippen LogP contribution in [-0.2, 0) is 24.2 Å². The Morgan fingerprint density at radius 1 is 1.23 bits per heavy atom. The van der Waals surface area contributed by atoms with Gasteiger partial charge in [0.15, 0.2) is 11.5 Å². The molecular weight excluding hydrogens is 398 g/mol. The first kappa shape index (κ1) is 22.1. The highest BCUT2D eigenvalue weighted by Crippen LogP contribution is 2.37. The highest BCUT2D eigenvalue weighted by molar-refractivity contribution is 7.16. The van der Waals surface area contributed by atoms with Crippen molar-refractivity contribution in [2.24, 2.45) is 0 Å². The normalized spacial score (nSPS) is 12.9. The average Bonchev–Trinajstić information content (AvgIpc) is 3.10. The fraction of sp³-hybridized carbons (Fsp3) is 0.478. The number of methoxy groups -OCH3 is 2. The molecule has 0 saturated carbocycles. The molecule has 3 rings (SSSR count). The highest BCUT2D eigenvalue weighted by atomic mass is 32.1. The lowest BCUT2D eigenvalue weighted by molar-refractivity contribution is -0.116. The second-order valence-electron chi connectivity index (χ2n) is 7.70. The summed E-state index contributed by atoms with van der Waals surface area (Å²) in [6.45, 7) is 3.36. The number of fused-ring (bicyclic) bond motifs is 1. The van der Waals surface area contributed by atoms with E-state index in [4.69, 9.17) is 9.47 Å². The van der Waals surface area contributed by atoms with Crippen molar-refractivity contribution in [1.82, 2.24) is 4.90 Å². The second-order valence-corrected chi connectivity index (χ2v) is 8.80. The van der Waals surface area contributed by atoms with Gasteiger partial charge in [-0.1, -0.05) is 0 Å². The Morgan fingerprint density at radius 3 is 2.63 bits per heavy atom. The molecular formula is C23H29N3O3S. The maximum Gasteiger partial charge on any atom is 0.226 e. The number of benzene rings is 1. The van der Waals surface area contributed by atoms with E-state index in [1.54, 1.807) is 25.6 Å². The Kier molecular flexibility index (Phi) is 7.35. The van der Waals surface area contributed by atoms with Crippen LogP contribution in [0.4, 0.5) is 5.00 Å². The average molecular weight is 428 g/mol. The maximum absolute atomic E-state index is 12.5. The van der Waals surface area contributed by atoms with Crippen molar-refractivity contribution >= 4 is 22.2 Å². The van der Waals surface area contributed by atoms with Gasteiger partial charge in [-0.3, -0.25) is 4.79 Å². The molecule has 2 aromatic rings. The van der Waals surface area contributed by atoms with Crippen molar-refractivity contribution in [3.63, 3.8) is 0 Å². The number of rotatable bonds is 8. The summed E-state index contributed by atoms with van der Waals surface area (Å²) in [4.78, 5) is 15.9. The van der Waals surface area contributed by atoms with Crippen molar-refractivity contribution in [3.8, 4) is 17.6 Å². The number of aryl methyl sites for hydroxylation is 2. The number of thiophene rings is 1. The third-order valence-corrected chi connectivity index (χ3v) is 6.75. The van der Waals surface area contributed by atoms with E-state index in [2.05, 4.69) is 16.3 Å². The molecule has 1 aromatic carbocycles. The molecule has 30 heavy (non-hydrogen) atoms. The highest BCUT2D eigenvalue weighted by Gasteiger charge is 2.21. The predicted molar refractivity (Wildman–Crippen MR) is 120 cm³/mol. The lowest BCUT2D eigenvalue weighted by Gasteiger charge is -2.19. The van der Waals surface area contributed by atoms with E-state index in [1.807, 2.05) is 26.1 Å². The van der Waals surface area contributed by atoms with E-state index in [9.17, 15) is 10.1 Å². The summed E-state index contributed by atoms with van der Waals surface area (Å²) in [6.07, 6.45) is 4.60. The van der Waals surface area contributed by atoms with Gasteiger partial charge in [0.2, 0.25) is 5.91 Å². The van der Waals surface area contributed by atoms with Crippen LogP contribution in [0.3, 0.4) is 0 Å². The van der Waals surface area contributed by atoms with Crippen molar-refractivity contribution in [1.29, 1.82) is 5.26 Å². The summed E-state index contributed by atoms with van der Waals surface area (Å²) in [5, 5.41) is 13.2. The summed E-state index contributed by atoms with van der Waals surface area (Å²) in [5.74, 6) is 1.36. The molecule has 0 atom stereocenters. The fourth-order valence-electron chi connectivity index (χ4n) is 3.82. The van der Waals surface area contributed by atoms with Crippen LogP contribution in [0, 0.1) is 18.3 Å². The van der Waals surface area contributed by atoms with Gasteiger partial charge < -0.3 is 19.7 Å². The largest absolute Gasteiger partial charge is 0.493 e. The van der Waals surface area contributed by atoms with Gasteiger partial charge in [-0.25, -0.2) is 0 Å². The van der Waals surface area contributed by atoms with Gasteiger partial charge in [0.1, 0.15) is 11.1 Å². The van der Waals surface area contributed by atoms with Gasteiger partial charge in [0, 0.05) is 24.4 Å². The minimum atomic E-state index is -0.0546. The van der Waals surface area contributed by atoms with Crippen molar-refractivity contribution in [2.75, 3.05) is 33.1 Å². The van der Waals surface area contributed by atoms with Crippen LogP contribution < -0.4 is 14.8 Å². The molecule has 7 heteroatoms. The van der Waals surface area contributed by atoms with E-state index in [1.165, 1.54) is 4.88 Å². The Bertz CT molecular complexity index is 962. The molecule has 6 nitrogen and oxygen atoms in total. The molecule has 0 saturated heterocycles. The lowest BCUT2D eigenvalue weighted by Crippen LogP contribution is -2.24. The van der Waals surface area contributed by atoms with Crippen molar-refractivity contribution in [2.45, 2.75) is 45.6 Å². The molecule has 1 aliphatic rings. The van der Waals surface area contributed by atoms with E-state index in [-0.39, 0.29) is 5.91 Å². The summed E-state index contributed by atoms with van der Waals surface area (Å²) >= 11 is 1.57. The third kappa shape index (κ3) is 4.94. The van der Waals surface area contributed by atoms with Gasteiger partial charge in [-0.15, -0.1) is 11.3 Å². The molecule has 1 heterocycles. The van der Waals surface area contributed by atoms with E-state index >= 15 is 0 Å². The van der Waals surface area contributed by atoms with Gasteiger partial charge in [0.25, 0.3) is 0 Å². The summed E-state index contributed by atoms with van der Waals surface area (Å²) in [6, 6.07) is 6.25. The van der Waals surface area contributed by atoms with Gasteiger partial charge in [-0.05, 0) is 68.5 Å². The number of nitrogens with zero attached hydrogens (tertiary/aromatic N) is 2. The van der Waals surface area contributed by atoms with Gasteiger partial charge in [-0.2, -0.15) is 5.26 Å². The maximum atomic E-state index is 12.5. The number of anilines is 1. The molecule has 0 spiro atoms. The Labute approximate surface area is 182 Å². The van der Waals surface area contributed by atoms with E-state index in [0.29, 0.717) is 41.6 Å². The smallest absolute Gasteiger partial charge is 0.226 e. The van der Waals surface area contributed by atoms with Crippen LogP contribution in [0.15, 0.2) is 12.1 Å². The molecule has 1 N–H and O–H groups in total. The van der Waals surface area contributed by atoms with Crippen LogP contribution in [0.2, 0.25) is 0 Å². The molecule has 0 unspecified atom stereocenters. The van der Waals surface area contributed by atoms with Gasteiger partial charge in [0.05, 0.1) is 19.8 Å². The zero-order valence-corrected chi connectivity index (χ0v) is 18.9. The van der Waals surface area contributed by atoms with Crippen LogP contribution in [-0.4, -0.2) is 38.6 Å². The molecule has 0 bridgehead atoms. The fourth-order valence-corrected chi connectivity index (χ4v) is 5.07. The number of nitrogens with one attached hydrogen (secondary N) is 1. The number of nitriles is 1. The minimum Gasteiger partial charge on any atom is -0.493 e. The number of hydrogen-bond acceptors (Lipinski definition) is 6. The summed E-state index contributed by atoms with van der Waals surface area (Å²) in [5.41, 5.74) is 4.06. The Morgan fingerprint density at radius 2 is 1.93 bits per heavy atom. The van der Waals surface area contributed by atoms with E-state index < -0.39 is 0 Å². The molecule has 0 aliphatic heterocycles. The number of hydrogen-bond donors (Lipinski definition) is 1. The Hall–Kier alpha value is -2.56. The first-order valence-corrected chi connectivity index (χ1v) is 11.0. The monoisotopic (exact) mass is 427 g/mol. The number of ether oxygens (including phenoxy) is 2. The zero-order valence-electron chi connectivity index (χ0n) is 18.1. The van der Waals surface area contributed by atoms with Gasteiger partial charge >= 0.3 is 0 Å². The minimum absolute atomic E-state index is 0.0546. The lowest BCUT2D eigenvalue weighted by atomic mass is 9.96. The van der Waals surface area contributed by atoms with Crippen molar-refractivity contribution in [3.05, 3.63) is 39.3 Å². The van der Waals surface area contributed by atoms with E-state index in [0.717, 1.165) is 42.4 Å². The van der Waals surface area contributed by atoms with Crippen LogP contribution in [0.25, 0.3) is 0 Å². The van der Waals surface area contributed by atoms with Crippen LogP contribution in [0.5, 0.6) is 11.5 Å². The zero-order chi connectivity index (χ0) is 21.7. The second kappa shape index (κ2) is 9.96. The SMILES string of the molecule is COc1cc(C)c(CN(C)CCC(=O)Nc2sc3c(c2C#N)CCCC3)cc1OC. The molecule has 1 aliphatic carbocycles. The molecule has 1 aromatic heterocycles. The third-order valence-electron chi connectivity index (χ3n) is 5.54. The molecule has 0 fully saturated rings. The quantitative estimate of drug-likeness (QED) is 0.680. The number of amides is 1. The summed E-state index contributed by atoms with van der Waals surface area (Å²) < 4.78 is 10.7. The number of carbonyl (C=O) groups is 1. The number of carbonyl (C=O) groups excluding carboxylic acids is 1.